The van der Waals surface area contributed by atoms with Crippen molar-refractivity contribution in [3.63, 3.8) is 0 Å². The molecule has 0 radical (unpaired) electrons. The van der Waals surface area contributed by atoms with Gasteiger partial charge in [0.2, 0.25) is 0 Å². The molecule has 87 heavy (non-hydrogen) atoms. The molecule has 0 atom stereocenters. The minimum Gasteiger partial charge on any atom is -0.311 e. The maximum atomic E-state index is 4.77. The molecule has 11 aromatic carbocycles. The zero-order chi connectivity index (χ0) is 59.7. The lowest BCUT2D eigenvalue weighted by Gasteiger charge is -2.28. The quantitative estimate of drug-likeness (QED) is 0.156. The number of rotatable bonds is 7. The lowest BCUT2D eigenvalue weighted by Crippen LogP contribution is -2.15. The molecule has 14 aromatic rings. The summed E-state index contributed by atoms with van der Waals surface area (Å²) >= 11 is 0. The summed E-state index contributed by atoms with van der Waals surface area (Å²) in [7, 11) is 0. The van der Waals surface area contributed by atoms with Crippen molar-refractivity contribution in [3.05, 3.63) is 297 Å². The van der Waals surface area contributed by atoms with E-state index in [1.165, 1.54) is 166 Å². The topological polar surface area (TPSA) is 18.0 Å². The van der Waals surface area contributed by atoms with Crippen molar-refractivity contribution >= 4 is 82.4 Å². The molecule has 0 fully saturated rings. The van der Waals surface area contributed by atoms with E-state index in [2.05, 4.69) is 306 Å². The molecule has 0 bridgehead atoms. The van der Waals surface area contributed by atoms with Crippen LogP contribution in [0.1, 0.15) is 66.8 Å². The smallest absolute Gasteiger partial charge is 0.0541 e. The second-order valence-electron chi connectivity index (χ2n) is 24.5. The summed E-state index contributed by atoms with van der Waals surface area (Å²) in [5, 5.41) is 7.44. The van der Waals surface area contributed by atoms with Crippen LogP contribution in [0.5, 0.6) is 0 Å². The van der Waals surface area contributed by atoms with Crippen LogP contribution in [-0.2, 0) is 6.42 Å². The van der Waals surface area contributed by atoms with Gasteiger partial charge in [-0.25, -0.2) is 0 Å². The molecule has 422 valence electrons. The molecule has 0 amide bonds. The van der Waals surface area contributed by atoms with Crippen LogP contribution in [0.2, 0.25) is 0 Å². The van der Waals surface area contributed by atoms with Gasteiger partial charge in [-0.05, 0) is 273 Å². The molecule has 0 N–H and O–H groups in total. The van der Waals surface area contributed by atoms with E-state index in [9.17, 15) is 0 Å². The van der Waals surface area contributed by atoms with Crippen LogP contribution in [0.3, 0.4) is 0 Å². The average Bonchev–Trinajstić information content (AvgIpc) is 1.74. The normalized spacial score (nSPS) is 13.9. The number of hydrogen-bond acceptors (Lipinski definition) is 1. The Labute approximate surface area is 510 Å². The number of para-hydroxylation sites is 4. The fraction of sp³-hybridized carbons (Fsp3) is 0.133. The number of benzene rings is 11. The monoisotopic (exact) mass is 1120 g/mol. The molecule has 0 unspecified atom stereocenters. The second kappa shape index (κ2) is 20.5. The lowest BCUT2D eigenvalue weighted by molar-refractivity contribution is 1.07. The number of nitrogens with zero attached hydrogens (tertiary/aromatic N) is 4. The Balaban J connectivity index is 0.865. The van der Waals surface area contributed by atoms with Crippen molar-refractivity contribution < 1.29 is 0 Å². The van der Waals surface area contributed by atoms with Crippen LogP contribution < -0.4 is 4.90 Å². The fourth-order valence-corrected chi connectivity index (χ4v) is 14.6. The van der Waals surface area contributed by atoms with Crippen molar-refractivity contribution in [2.45, 2.75) is 75.7 Å². The standard InChI is InChI=1S/C83H70N4/c1-49-30-31-60(62-35-42-80-71(45-62)69-26-18-20-28-76(69)86(80)82-56(8)52(4)50(2)53(5)57(82)9)32-33-66-44-61(34-39-75(66)84(49)67-22-14-12-15-23-67)63-36-40-78-73(47-63)74-48-65(37-41-79(74)85(78)68-24-16-13-17-25-68)64-38-43-81-72(46-64)70-27-19-21-29-77(70)87(81)83-58(10)54(6)51(3)55(7)59(83)11/h12-32,34-48H,1,33H2,2-11H3/b31-30-,60-32+. The van der Waals surface area contributed by atoms with E-state index < -0.39 is 0 Å². The highest BCUT2D eigenvalue weighted by Gasteiger charge is 2.24. The SMILES string of the molecule is C=C1/C=C\C(c2ccc3c(c2)c2ccccc2n3-c2c(C)c(C)c(C)c(C)c2C)=C/Cc2cc(-c3ccc4c(c3)c3cc(-c5ccc6c(c5)c5ccccc5n6-c5c(C)c(C)c(C)c(C)c5C)ccc3n4-c3ccccc3)ccc2N1c1ccccc1. The molecule has 4 nitrogen and oxygen atoms in total. The van der Waals surface area contributed by atoms with Crippen molar-refractivity contribution in [2.24, 2.45) is 0 Å². The van der Waals surface area contributed by atoms with Crippen molar-refractivity contribution in [2.75, 3.05) is 4.90 Å². The Kier molecular flexibility index (Phi) is 12.6. The first-order valence-corrected chi connectivity index (χ1v) is 30.7. The van der Waals surface area contributed by atoms with Gasteiger partial charge >= 0.3 is 0 Å². The fourth-order valence-electron chi connectivity index (χ4n) is 14.6. The highest BCUT2D eigenvalue weighted by Crippen LogP contribution is 2.45. The molecule has 15 rings (SSSR count). The van der Waals surface area contributed by atoms with Gasteiger partial charge in [-0.15, -0.1) is 0 Å². The van der Waals surface area contributed by atoms with E-state index in [-0.39, 0.29) is 0 Å². The molecule has 1 aliphatic rings. The summed E-state index contributed by atoms with van der Waals surface area (Å²) in [5.41, 5.74) is 35.8. The van der Waals surface area contributed by atoms with E-state index in [4.69, 9.17) is 6.58 Å². The third kappa shape index (κ3) is 8.33. The van der Waals surface area contributed by atoms with E-state index in [0.29, 0.717) is 6.42 Å². The van der Waals surface area contributed by atoms with Gasteiger partial charge in [0, 0.05) is 55.1 Å². The Bertz CT molecular complexity index is 5240. The van der Waals surface area contributed by atoms with Crippen molar-refractivity contribution in [1.29, 1.82) is 0 Å². The molecule has 1 aliphatic heterocycles. The van der Waals surface area contributed by atoms with Crippen LogP contribution in [0.4, 0.5) is 11.4 Å². The Hall–Kier alpha value is -10.2. The van der Waals surface area contributed by atoms with Gasteiger partial charge in [-0.1, -0.05) is 122 Å². The molecule has 0 spiro atoms. The van der Waals surface area contributed by atoms with Gasteiger partial charge in [0.15, 0.2) is 0 Å². The summed E-state index contributed by atoms with van der Waals surface area (Å²) in [5.74, 6) is 0. The summed E-state index contributed by atoms with van der Waals surface area (Å²) < 4.78 is 7.45. The second-order valence-corrected chi connectivity index (χ2v) is 24.5. The zero-order valence-corrected chi connectivity index (χ0v) is 51.5. The molecule has 4 heterocycles. The maximum absolute atomic E-state index is 4.77. The van der Waals surface area contributed by atoms with Gasteiger partial charge in [-0.2, -0.15) is 0 Å². The predicted molar refractivity (Wildman–Crippen MR) is 373 cm³/mol. The summed E-state index contributed by atoms with van der Waals surface area (Å²) in [6, 6.07) is 74.7. The Morgan fingerprint density at radius 1 is 0.299 bits per heavy atom. The first kappa shape index (κ1) is 53.6. The molecule has 4 heteroatoms. The third-order valence-electron chi connectivity index (χ3n) is 20.1. The Morgan fingerprint density at radius 3 is 1.14 bits per heavy atom. The molecular weight excluding hydrogens is 1050 g/mol. The number of anilines is 2. The molecule has 0 saturated carbocycles. The van der Waals surface area contributed by atoms with Crippen LogP contribution in [0.15, 0.2) is 231 Å². The summed E-state index contributed by atoms with van der Waals surface area (Å²) in [4.78, 5) is 2.32. The number of aromatic nitrogens is 3. The number of allylic oxidation sites excluding steroid dienone is 4. The zero-order valence-electron chi connectivity index (χ0n) is 51.5. The minimum atomic E-state index is 0.713. The van der Waals surface area contributed by atoms with Crippen LogP contribution >= 0.6 is 0 Å². The third-order valence-corrected chi connectivity index (χ3v) is 20.1. The first-order valence-electron chi connectivity index (χ1n) is 30.7. The predicted octanol–water partition coefficient (Wildman–Crippen LogP) is 22.2. The average molecular weight is 1120 g/mol. The van der Waals surface area contributed by atoms with Gasteiger partial charge in [-0.3, -0.25) is 0 Å². The number of hydrogen-bond donors (Lipinski definition) is 0. The van der Waals surface area contributed by atoms with Crippen LogP contribution in [-0.4, -0.2) is 13.7 Å². The highest BCUT2D eigenvalue weighted by atomic mass is 15.1. The largest absolute Gasteiger partial charge is 0.311 e. The lowest BCUT2D eigenvalue weighted by atomic mass is 9.92. The first-order chi connectivity index (χ1) is 42.2. The highest BCUT2D eigenvalue weighted by molar-refractivity contribution is 6.14. The van der Waals surface area contributed by atoms with E-state index in [1.54, 1.807) is 0 Å². The van der Waals surface area contributed by atoms with Gasteiger partial charge in [0.1, 0.15) is 0 Å². The van der Waals surface area contributed by atoms with E-state index in [1.807, 2.05) is 0 Å². The van der Waals surface area contributed by atoms with Crippen molar-refractivity contribution in [1.82, 2.24) is 13.7 Å². The maximum Gasteiger partial charge on any atom is 0.0541 e. The van der Waals surface area contributed by atoms with Crippen LogP contribution in [0, 0.1) is 69.2 Å². The van der Waals surface area contributed by atoms with Crippen LogP contribution in [0.25, 0.3) is 110 Å². The summed E-state index contributed by atoms with van der Waals surface area (Å²) in [6.45, 7) is 27.5. The van der Waals surface area contributed by atoms with Gasteiger partial charge in [0.25, 0.3) is 0 Å². The van der Waals surface area contributed by atoms with E-state index in [0.717, 1.165) is 28.3 Å². The van der Waals surface area contributed by atoms with Gasteiger partial charge < -0.3 is 18.6 Å². The molecule has 3 aromatic heterocycles. The number of fused-ring (bicyclic) bond motifs is 10. The van der Waals surface area contributed by atoms with Gasteiger partial charge in [0.05, 0.1) is 44.5 Å². The minimum absolute atomic E-state index is 0.713. The Morgan fingerprint density at radius 2 is 0.655 bits per heavy atom. The molecule has 0 saturated heterocycles. The summed E-state index contributed by atoms with van der Waals surface area (Å²) in [6.07, 6.45) is 7.59. The van der Waals surface area contributed by atoms with Crippen molar-refractivity contribution in [3.8, 4) is 39.3 Å². The molecular formula is C83H70N4. The van der Waals surface area contributed by atoms with E-state index >= 15 is 0 Å². The molecule has 0 aliphatic carbocycles.